The van der Waals surface area contributed by atoms with Crippen molar-refractivity contribution in [2.45, 2.75) is 38.1 Å². The van der Waals surface area contributed by atoms with Crippen LogP contribution in [0.25, 0.3) is 0 Å². The zero-order valence-corrected chi connectivity index (χ0v) is 34.7. The first kappa shape index (κ1) is 48.6. The molecule has 1 aromatic carbocycles. The fraction of sp³-hybridized carbons (Fsp3) is 0.659. The molecule has 20 heteroatoms. The Balaban J connectivity index is 1.17. The van der Waals surface area contributed by atoms with E-state index in [1.165, 1.54) is 0 Å². The molecular weight excluding hydrogens is 798 g/mol. The summed E-state index contributed by atoms with van der Waals surface area (Å²) in [5.41, 5.74) is 1.35. The molecule has 338 valence electrons. The van der Waals surface area contributed by atoms with Crippen LogP contribution in [0.5, 0.6) is 0 Å². The molecule has 0 bridgehead atoms. The molecule has 0 radical (unpaired) electrons. The third-order valence-electron chi connectivity index (χ3n) is 10.9. The lowest BCUT2D eigenvalue weighted by Gasteiger charge is -2.37. The summed E-state index contributed by atoms with van der Waals surface area (Å²) in [6.07, 6.45) is 3.93. The molecule has 2 fully saturated rings. The highest BCUT2D eigenvalue weighted by molar-refractivity contribution is 5.89. The lowest BCUT2D eigenvalue weighted by molar-refractivity contribution is -0.141. The van der Waals surface area contributed by atoms with Crippen LogP contribution >= 0.6 is 0 Å². The number of fused-ring (bicyclic) bond motifs is 1. The number of urea groups is 1. The summed E-state index contributed by atoms with van der Waals surface area (Å²) in [7, 11) is 0. The van der Waals surface area contributed by atoms with E-state index in [1.807, 2.05) is 21.9 Å². The molecule has 4 rings (SSSR count). The monoisotopic (exact) mass is 859 g/mol. The van der Waals surface area contributed by atoms with Gasteiger partial charge in [-0.15, -0.1) is 11.8 Å². The van der Waals surface area contributed by atoms with E-state index in [9.17, 15) is 39.0 Å². The van der Waals surface area contributed by atoms with Crippen molar-refractivity contribution >= 4 is 42.7 Å². The van der Waals surface area contributed by atoms with Gasteiger partial charge >= 0.3 is 24.1 Å². The van der Waals surface area contributed by atoms with Gasteiger partial charge in [0.05, 0.1) is 46.1 Å². The van der Waals surface area contributed by atoms with Crippen molar-refractivity contribution in [3.8, 4) is 11.8 Å². The Morgan fingerprint density at radius 3 is 1.85 bits per heavy atom. The highest BCUT2D eigenvalue weighted by atomic mass is 16.6. The molecule has 4 atom stereocenters. The summed E-state index contributed by atoms with van der Waals surface area (Å²) in [4.78, 5) is 77.6. The number of amides is 3. The first-order chi connectivity index (χ1) is 29.6. The van der Waals surface area contributed by atoms with Gasteiger partial charge in [-0.1, -0.05) is 12.1 Å². The van der Waals surface area contributed by atoms with E-state index in [2.05, 4.69) is 27.8 Å². The first-order valence-corrected chi connectivity index (χ1v) is 20.8. The lowest BCUT2D eigenvalue weighted by atomic mass is 10.0. The second-order valence-corrected chi connectivity index (χ2v) is 15.1. The molecule has 3 aliphatic rings. The van der Waals surface area contributed by atoms with Gasteiger partial charge in [0.2, 0.25) is 0 Å². The number of hydrogen-bond donors (Lipinski definition) is 5. The molecule has 1 saturated carbocycles. The zero-order chi connectivity index (χ0) is 43.7. The van der Waals surface area contributed by atoms with Gasteiger partial charge in [-0.25, -0.2) is 9.59 Å². The number of hydrogen-bond acceptors (Lipinski definition) is 15. The fourth-order valence-corrected chi connectivity index (χ4v) is 7.65. The highest BCUT2D eigenvalue weighted by Crippen LogP contribution is 2.52. The Kier molecular flexibility index (Phi) is 22.1. The van der Waals surface area contributed by atoms with E-state index < -0.39 is 30.1 Å². The molecule has 1 saturated heterocycles. The minimum atomic E-state index is -1.05. The number of alkyl carbamates (subject to hydrolysis) is 1. The van der Waals surface area contributed by atoms with E-state index in [4.69, 9.17) is 23.7 Å². The molecule has 1 heterocycles. The average Bonchev–Trinajstić information content (AvgIpc) is 3.88. The van der Waals surface area contributed by atoms with Crippen LogP contribution in [0.4, 0.5) is 15.3 Å². The van der Waals surface area contributed by atoms with Crippen molar-refractivity contribution in [1.82, 2.24) is 30.2 Å². The van der Waals surface area contributed by atoms with E-state index in [1.54, 1.807) is 21.9 Å². The quantitative estimate of drug-likeness (QED) is 0.0414. The highest BCUT2D eigenvalue weighted by Gasteiger charge is 2.49. The van der Waals surface area contributed by atoms with Crippen molar-refractivity contribution in [2.24, 2.45) is 17.8 Å². The van der Waals surface area contributed by atoms with Crippen LogP contribution in [0.2, 0.25) is 0 Å². The van der Waals surface area contributed by atoms with Crippen molar-refractivity contribution in [1.29, 1.82) is 0 Å². The number of aliphatic carboxylic acids is 2. The van der Waals surface area contributed by atoms with E-state index in [-0.39, 0.29) is 52.8 Å². The SMILES string of the molecule is O=COCN1CCN(COC=O)CCN(CC(=O)O)C(Cc2ccc(NC(=O)NCCOCCOCCNC(=O)OCC3[C@H]4CCC#CCC[C@@H]34)cc2)CN(CC(=O)O)CC1. The van der Waals surface area contributed by atoms with Gasteiger partial charge in [-0.3, -0.25) is 38.8 Å². The maximum atomic E-state index is 12.6. The summed E-state index contributed by atoms with van der Waals surface area (Å²) >= 11 is 0. The van der Waals surface area contributed by atoms with Crippen LogP contribution in [-0.2, 0) is 49.3 Å². The van der Waals surface area contributed by atoms with Crippen molar-refractivity contribution in [3.05, 3.63) is 29.8 Å². The van der Waals surface area contributed by atoms with Crippen LogP contribution < -0.4 is 16.0 Å². The Labute approximate surface area is 356 Å². The molecule has 20 nitrogen and oxygen atoms in total. The number of nitrogens with one attached hydrogen (secondary N) is 3. The molecule has 61 heavy (non-hydrogen) atoms. The predicted octanol–water partition coefficient (Wildman–Crippen LogP) is 0.570. The second kappa shape index (κ2) is 27.7. The maximum absolute atomic E-state index is 12.6. The third-order valence-corrected chi connectivity index (χ3v) is 10.9. The molecule has 5 N–H and O–H groups in total. The minimum Gasteiger partial charge on any atom is -0.480 e. The van der Waals surface area contributed by atoms with Crippen LogP contribution in [0.3, 0.4) is 0 Å². The maximum Gasteiger partial charge on any atom is 0.407 e. The molecule has 1 aromatic rings. The normalized spacial score (nSPS) is 21.6. The largest absolute Gasteiger partial charge is 0.480 e. The molecule has 0 aromatic heterocycles. The van der Waals surface area contributed by atoms with Gasteiger partial charge in [-0.05, 0) is 54.7 Å². The number of carbonyl (C=O) groups excluding carboxylic acids is 4. The minimum absolute atomic E-state index is 0.0115. The number of anilines is 1. The summed E-state index contributed by atoms with van der Waals surface area (Å²) in [6.45, 7) is 4.56. The summed E-state index contributed by atoms with van der Waals surface area (Å²) in [6, 6.07) is 6.20. The van der Waals surface area contributed by atoms with Crippen molar-refractivity contribution in [3.63, 3.8) is 0 Å². The van der Waals surface area contributed by atoms with Crippen LogP contribution in [0.15, 0.2) is 24.3 Å². The number of carbonyl (C=O) groups is 6. The summed E-state index contributed by atoms with van der Waals surface area (Å²) < 4.78 is 26.4. The molecular formula is C41H61N7O13. The van der Waals surface area contributed by atoms with Crippen molar-refractivity contribution in [2.75, 3.05) is 124 Å². The number of nitrogens with zero attached hydrogens (tertiary/aromatic N) is 4. The third kappa shape index (κ3) is 19.5. The van der Waals surface area contributed by atoms with Gasteiger partial charge in [0.15, 0.2) is 0 Å². The second-order valence-electron chi connectivity index (χ2n) is 15.1. The Hall–Kier alpha value is -5.04. The Morgan fingerprint density at radius 1 is 0.721 bits per heavy atom. The topological polar surface area (TPSA) is 238 Å². The van der Waals surface area contributed by atoms with E-state index >= 15 is 0 Å². The molecule has 2 unspecified atom stereocenters. The standard InChI is InChI=1S/C41H61N7O13/c49-30-59-28-45-13-14-46(29-60-31-50)17-18-48(26-39(53)54)34(24-47(16-15-45)25-38(51)52)23-32-7-9-33(10-8-32)44-40(55)42-11-19-57-21-22-58-20-12-43-41(56)61-27-37-35-5-3-1-2-4-6-36(35)37/h7-10,30-31,34-37H,3-6,11-29H2,(H,43,56)(H,51,52)(H,53,54)(H2,42,44,55)/t34?,35-,36+,37?. The number of carboxylic acids is 2. The average molecular weight is 860 g/mol. The predicted molar refractivity (Wildman–Crippen MR) is 219 cm³/mol. The number of rotatable bonds is 24. The molecule has 3 amide bonds. The first-order valence-electron chi connectivity index (χ1n) is 20.8. The van der Waals surface area contributed by atoms with Crippen LogP contribution in [-0.4, -0.2) is 191 Å². The van der Waals surface area contributed by atoms with Gasteiger partial charge in [0.1, 0.15) is 13.5 Å². The van der Waals surface area contributed by atoms with Gasteiger partial charge in [-0.2, -0.15) is 0 Å². The van der Waals surface area contributed by atoms with Gasteiger partial charge in [0.25, 0.3) is 12.9 Å². The number of carboxylic acid groups (broad SMARTS) is 2. The number of benzene rings is 1. The van der Waals surface area contributed by atoms with Crippen LogP contribution in [0, 0.1) is 29.6 Å². The summed E-state index contributed by atoms with van der Waals surface area (Å²) in [5, 5.41) is 27.8. The molecule has 0 spiro atoms. The van der Waals surface area contributed by atoms with Crippen LogP contribution in [0.1, 0.15) is 31.2 Å². The van der Waals surface area contributed by atoms with Crippen molar-refractivity contribution < 1.29 is 62.7 Å². The number of ether oxygens (including phenoxy) is 5. The molecule has 2 aliphatic carbocycles. The zero-order valence-electron chi connectivity index (χ0n) is 34.7. The smallest absolute Gasteiger partial charge is 0.407 e. The fourth-order valence-electron chi connectivity index (χ4n) is 7.65. The van der Waals surface area contributed by atoms with Gasteiger partial charge < -0.3 is 49.8 Å². The van der Waals surface area contributed by atoms with E-state index in [0.717, 1.165) is 31.2 Å². The Morgan fingerprint density at radius 2 is 1.28 bits per heavy atom. The van der Waals surface area contributed by atoms with E-state index in [0.29, 0.717) is 109 Å². The molecule has 1 aliphatic heterocycles. The Bertz CT molecular complexity index is 1580. The van der Waals surface area contributed by atoms with Gasteiger partial charge in [0, 0.05) is 83.5 Å². The summed E-state index contributed by atoms with van der Waals surface area (Å²) in [5.74, 6) is 5.96. The lowest BCUT2D eigenvalue weighted by Crippen LogP contribution is -2.53.